The van der Waals surface area contributed by atoms with E-state index < -0.39 is 6.10 Å². The van der Waals surface area contributed by atoms with Crippen LogP contribution in [0.4, 0.5) is 0 Å². The molecule has 0 aliphatic carbocycles. The van der Waals surface area contributed by atoms with E-state index in [-0.39, 0.29) is 0 Å². The molecule has 0 saturated heterocycles. The van der Waals surface area contributed by atoms with Gasteiger partial charge in [-0.25, -0.2) is 4.98 Å². The minimum atomic E-state index is -0.683. The first-order valence-corrected chi connectivity index (χ1v) is 5.97. The first kappa shape index (κ1) is 12.9. The normalized spacial score (nSPS) is 12.4. The van der Waals surface area contributed by atoms with Crippen molar-refractivity contribution in [3.63, 3.8) is 0 Å². The molecule has 1 heterocycles. The number of halogens is 1. The summed E-state index contributed by atoms with van der Waals surface area (Å²) in [6.07, 6.45) is 3.19. The average Bonchev–Trinajstić information content (AvgIpc) is 2.76. The molecule has 1 atom stereocenters. The molecule has 1 N–H and O–H groups in total. The molecular formula is C13H15ClN2O2. The van der Waals surface area contributed by atoms with Gasteiger partial charge in [0.1, 0.15) is 17.7 Å². The lowest BCUT2D eigenvalue weighted by Gasteiger charge is -2.13. The number of aromatic nitrogens is 2. The van der Waals surface area contributed by atoms with Crippen LogP contribution in [0.5, 0.6) is 5.75 Å². The quantitative estimate of drug-likeness (QED) is 0.924. The van der Waals surface area contributed by atoms with E-state index in [1.807, 2.05) is 7.05 Å². The van der Waals surface area contributed by atoms with Crippen LogP contribution in [0, 0.1) is 0 Å². The maximum atomic E-state index is 10.2. The number of ether oxygens (including phenoxy) is 1. The largest absolute Gasteiger partial charge is 0.496 e. The second-order valence-corrected chi connectivity index (χ2v) is 4.51. The highest BCUT2D eigenvalue weighted by Crippen LogP contribution is 2.27. The number of hydrogen-bond acceptors (Lipinski definition) is 3. The van der Waals surface area contributed by atoms with Gasteiger partial charge >= 0.3 is 0 Å². The number of aliphatic hydroxyl groups is 1. The molecule has 0 bridgehead atoms. The van der Waals surface area contributed by atoms with Gasteiger partial charge in [-0.15, -0.1) is 0 Å². The molecule has 1 aromatic carbocycles. The van der Waals surface area contributed by atoms with Gasteiger partial charge in [0.05, 0.1) is 7.11 Å². The van der Waals surface area contributed by atoms with Crippen molar-refractivity contribution in [2.45, 2.75) is 12.5 Å². The van der Waals surface area contributed by atoms with Crippen molar-refractivity contribution in [3.05, 3.63) is 47.0 Å². The molecule has 0 aliphatic heterocycles. The molecule has 18 heavy (non-hydrogen) atoms. The van der Waals surface area contributed by atoms with E-state index in [0.29, 0.717) is 23.0 Å². The Morgan fingerprint density at radius 2 is 2.28 bits per heavy atom. The Morgan fingerprint density at radius 3 is 2.89 bits per heavy atom. The highest BCUT2D eigenvalue weighted by atomic mass is 35.5. The van der Waals surface area contributed by atoms with E-state index in [1.54, 1.807) is 42.3 Å². The van der Waals surface area contributed by atoms with Gasteiger partial charge in [0, 0.05) is 30.9 Å². The smallest absolute Gasteiger partial charge is 0.137 e. The standard InChI is InChI=1S/C13H15ClN2O2/c1-16-6-5-15-13(16)11(17)8-9-7-10(14)3-4-12(9)18-2/h3-7,11,17H,8H2,1-2H3. The number of benzene rings is 1. The topological polar surface area (TPSA) is 47.3 Å². The molecule has 2 aromatic rings. The van der Waals surface area contributed by atoms with Gasteiger partial charge in [0.25, 0.3) is 0 Å². The fraction of sp³-hybridized carbons (Fsp3) is 0.308. The lowest BCUT2D eigenvalue weighted by molar-refractivity contribution is 0.164. The van der Waals surface area contributed by atoms with Crippen molar-refractivity contribution in [1.82, 2.24) is 9.55 Å². The van der Waals surface area contributed by atoms with Crippen molar-refractivity contribution in [1.29, 1.82) is 0 Å². The lowest BCUT2D eigenvalue weighted by Crippen LogP contribution is -2.09. The van der Waals surface area contributed by atoms with Crippen molar-refractivity contribution in [3.8, 4) is 5.75 Å². The minimum absolute atomic E-state index is 0.411. The fourth-order valence-electron chi connectivity index (χ4n) is 1.90. The zero-order valence-electron chi connectivity index (χ0n) is 10.3. The number of methoxy groups -OCH3 is 1. The third-order valence-electron chi connectivity index (χ3n) is 2.81. The van der Waals surface area contributed by atoms with E-state index in [0.717, 1.165) is 5.56 Å². The van der Waals surface area contributed by atoms with Crippen LogP contribution in [-0.2, 0) is 13.5 Å². The lowest BCUT2D eigenvalue weighted by atomic mass is 10.1. The summed E-state index contributed by atoms with van der Waals surface area (Å²) in [4.78, 5) is 4.13. The van der Waals surface area contributed by atoms with E-state index in [1.165, 1.54) is 0 Å². The van der Waals surface area contributed by atoms with Crippen LogP contribution in [0.25, 0.3) is 0 Å². The molecule has 0 aliphatic rings. The van der Waals surface area contributed by atoms with Gasteiger partial charge in [-0.1, -0.05) is 11.6 Å². The Balaban J connectivity index is 2.23. The van der Waals surface area contributed by atoms with Gasteiger partial charge in [-0.05, 0) is 23.8 Å². The van der Waals surface area contributed by atoms with Crippen molar-refractivity contribution in [2.75, 3.05) is 7.11 Å². The van der Waals surface area contributed by atoms with Crippen LogP contribution in [-0.4, -0.2) is 21.8 Å². The third kappa shape index (κ3) is 2.66. The van der Waals surface area contributed by atoms with Gasteiger partial charge in [-0.3, -0.25) is 0 Å². The highest BCUT2D eigenvalue weighted by Gasteiger charge is 2.15. The molecule has 0 fully saturated rings. The number of imidazole rings is 1. The summed E-state index contributed by atoms with van der Waals surface area (Å²) in [5.41, 5.74) is 0.862. The maximum absolute atomic E-state index is 10.2. The predicted molar refractivity (Wildman–Crippen MR) is 69.9 cm³/mol. The maximum Gasteiger partial charge on any atom is 0.137 e. The van der Waals surface area contributed by atoms with Crippen LogP contribution >= 0.6 is 11.6 Å². The Bertz CT molecular complexity index is 540. The zero-order chi connectivity index (χ0) is 13.1. The summed E-state index contributed by atoms with van der Waals surface area (Å²) >= 11 is 5.96. The molecular weight excluding hydrogens is 252 g/mol. The molecule has 1 aromatic heterocycles. The average molecular weight is 267 g/mol. The van der Waals surface area contributed by atoms with Crippen molar-refractivity contribution in [2.24, 2.45) is 7.05 Å². The molecule has 0 spiro atoms. The van der Waals surface area contributed by atoms with Gasteiger partial charge < -0.3 is 14.4 Å². The third-order valence-corrected chi connectivity index (χ3v) is 3.05. The molecule has 4 nitrogen and oxygen atoms in total. The fourth-order valence-corrected chi connectivity index (χ4v) is 2.10. The second kappa shape index (κ2) is 5.42. The van der Waals surface area contributed by atoms with E-state index in [2.05, 4.69) is 4.98 Å². The van der Waals surface area contributed by atoms with Crippen LogP contribution in [0.15, 0.2) is 30.6 Å². The first-order valence-electron chi connectivity index (χ1n) is 5.59. The van der Waals surface area contributed by atoms with Crippen LogP contribution in [0.1, 0.15) is 17.5 Å². The van der Waals surface area contributed by atoms with Gasteiger partial charge in [0.15, 0.2) is 0 Å². The molecule has 5 heteroatoms. The summed E-state index contributed by atoms with van der Waals surface area (Å²) in [7, 11) is 3.45. The molecule has 2 rings (SSSR count). The summed E-state index contributed by atoms with van der Waals surface area (Å²) in [6.45, 7) is 0. The second-order valence-electron chi connectivity index (χ2n) is 4.07. The predicted octanol–water partition coefficient (Wildman–Crippen LogP) is 2.36. The van der Waals surface area contributed by atoms with Gasteiger partial charge in [0.2, 0.25) is 0 Å². The molecule has 1 unspecified atom stereocenters. The number of aliphatic hydroxyl groups excluding tert-OH is 1. The Labute approximate surface area is 111 Å². The van der Waals surface area contributed by atoms with Crippen molar-refractivity contribution >= 4 is 11.6 Å². The van der Waals surface area contributed by atoms with Gasteiger partial charge in [-0.2, -0.15) is 0 Å². The summed E-state index contributed by atoms with van der Waals surface area (Å²) < 4.78 is 7.05. The highest BCUT2D eigenvalue weighted by molar-refractivity contribution is 6.30. The molecule has 0 radical (unpaired) electrons. The molecule has 0 saturated carbocycles. The van der Waals surface area contributed by atoms with Crippen LogP contribution in [0.3, 0.4) is 0 Å². The summed E-state index contributed by atoms with van der Waals surface area (Å²) in [5.74, 6) is 1.34. The molecule has 96 valence electrons. The van der Waals surface area contributed by atoms with Crippen molar-refractivity contribution < 1.29 is 9.84 Å². The number of aryl methyl sites for hydroxylation is 1. The molecule has 0 amide bonds. The van der Waals surface area contributed by atoms with Crippen LogP contribution in [0.2, 0.25) is 5.02 Å². The first-order chi connectivity index (χ1) is 8.61. The minimum Gasteiger partial charge on any atom is -0.496 e. The van der Waals surface area contributed by atoms with E-state index in [9.17, 15) is 5.11 Å². The number of rotatable bonds is 4. The van der Waals surface area contributed by atoms with E-state index in [4.69, 9.17) is 16.3 Å². The summed E-state index contributed by atoms with van der Waals surface area (Å²) in [6, 6.07) is 5.35. The Kier molecular flexibility index (Phi) is 3.89. The van der Waals surface area contributed by atoms with E-state index >= 15 is 0 Å². The number of hydrogen-bond donors (Lipinski definition) is 1. The SMILES string of the molecule is COc1ccc(Cl)cc1CC(O)c1nccn1C. The van der Waals surface area contributed by atoms with Crippen LogP contribution < -0.4 is 4.74 Å². The Hall–Kier alpha value is -1.52. The summed E-state index contributed by atoms with van der Waals surface area (Å²) in [5, 5.41) is 10.8. The monoisotopic (exact) mass is 266 g/mol. The zero-order valence-corrected chi connectivity index (χ0v) is 11.1. The number of nitrogens with zero attached hydrogens (tertiary/aromatic N) is 2. The Morgan fingerprint density at radius 1 is 1.50 bits per heavy atom.